The fourth-order valence-electron chi connectivity index (χ4n) is 2.33. The molecule has 0 aliphatic heterocycles. The molecule has 20 heavy (non-hydrogen) atoms. The average Bonchev–Trinajstić information content (AvgIpc) is 2.81. The van der Waals surface area contributed by atoms with Gasteiger partial charge in [-0.15, -0.1) is 0 Å². The molecule has 0 saturated carbocycles. The van der Waals surface area contributed by atoms with Crippen LogP contribution in [0.25, 0.3) is 10.9 Å². The number of benzene rings is 1. The summed E-state index contributed by atoms with van der Waals surface area (Å²) in [6.45, 7) is 2.83. The zero-order valence-corrected chi connectivity index (χ0v) is 11.6. The number of aryl methyl sites for hydroxylation is 1. The normalized spacial score (nSPS) is 10.7. The van der Waals surface area contributed by atoms with Gasteiger partial charge in [0, 0.05) is 36.3 Å². The maximum atomic E-state index is 4.22. The molecule has 0 amide bonds. The van der Waals surface area contributed by atoms with Gasteiger partial charge >= 0.3 is 0 Å². The first-order valence-electron chi connectivity index (χ1n) is 6.58. The van der Waals surface area contributed by atoms with Crippen LogP contribution >= 0.6 is 0 Å². The van der Waals surface area contributed by atoms with E-state index in [4.69, 9.17) is 0 Å². The Labute approximate surface area is 117 Å². The summed E-state index contributed by atoms with van der Waals surface area (Å²) in [5, 5.41) is 7.60. The van der Waals surface area contributed by atoms with Crippen molar-refractivity contribution in [2.24, 2.45) is 0 Å². The summed E-state index contributed by atoms with van der Waals surface area (Å²) in [4.78, 5) is 11.7. The molecule has 0 aliphatic rings. The van der Waals surface area contributed by atoms with Crippen molar-refractivity contribution in [3.8, 4) is 0 Å². The molecule has 102 valence electrons. The molecule has 2 aromatic heterocycles. The number of nitrogens with zero attached hydrogens (tertiary/aromatic N) is 2. The maximum absolute atomic E-state index is 4.22. The lowest BCUT2D eigenvalue weighted by molar-refractivity contribution is 1.07. The minimum Gasteiger partial charge on any atom is -0.373 e. The van der Waals surface area contributed by atoms with Gasteiger partial charge in [-0.3, -0.25) is 0 Å². The predicted molar refractivity (Wildman–Crippen MR) is 81.9 cm³/mol. The van der Waals surface area contributed by atoms with Crippen molar-refractivity contribution in [2.75, 3.05) is 17.7 Å². The largest absolute Gasteiger partial charge is 0.373 e. The number of fused-ring (bicyclic) bond motifs is 1. The molecular formula is C15H17N5. The Bertz CT molecular complexity index is 732. The monoisotopic (exact) mass is 267 g/mol. The summed E-state index contributed by atoms with van der Waals surface area (Å²) in [5.74, 6) is 1.62. The Kier molecular flexibility index (Phi) is 3.25. The van der Waals surface area contributed by atoms with Gasteiger partial charge in [-0.2, -0.15) is 0 Å². The first-order chi connectivity index (χ1) is 9.78. The maximum Gasteiger partial charge on any atom is 0.131 e. The van der Waals surface area contributed by atoms with E-state index in [0.717, 1.165) is 18.2 Å². The zero-order chi connectivity index (χ0) is 13.9. The number of hydrogen-bond acceptors (Lipinski definition) is 4. The minimum atomic E-state index is 0.732. The van der Waals surface area contributed by atoms with Crippen LogP contribution in [-0.4, -0.2) is 22.0 Å². The highest BCUT2D eigenvalue weighted by molar-refractivity contribution is 5.84. The van der Waals surface area contributed by atoms with Crippen molar-refractivity contribution in [1.29, 1.82) is 0 Å². The number of aromatic nitrogens is 3. The highest BCUT2D eigenvalue weighted by Crippen LogP contribution is 2.22. The Hall–Kier alpha value is -2.56. The highest BCUT2D eigenvalue weighted by Gasteiger charge is 2.07. The smallest absolute Gasteiger partial charge is 0.131 e. The van der Waals surface area contributed by atoms with Crippen LogP contribution in [0.4, 0.5) is 11.6 Å². The molecule has 1 aromatic carbocycles. The highest BCUT2D eigenvalue weighted by atomic mass is 15.1. The second-order valence-electron chi connectivity index (χ2n) is 4.67. The molecule has 0 bridgehead atoms. The summed E-state index contributed by atoms with van der Waals surface area (Å²) < 4.78 is 0. The third-order valence-electron chi connectivity index (χ3n) is 3.40. The van der Waals surface area contributed by atoms with Gasteiger partial charge in [0.05, 0.1) is 0 Å². The van der Waals surface area contributed by atoms with Gasteiger partial charge in [0.25, 0.3) is 0 Å². The molecule has 0 aliphatic carbocycles. The van der Waals surface area contributed by atoms with Crippen LogP contribution < -0.4 is 10.6 Å². The molecule has 3 N–H and O–H groups in total. The van der Waals surface area contributed by atoms with E-state index in [1.807, 2.05) is 19.2 Å². The lowest BCUT2D eigenvalue weighted by Crippen LogP contribution is -2.03. The summed E-state index contributed by atoms with van der Waals surface area (Å²) in [6, 6.07) is 10.2. The van der Waals surface area contributed by atoms with Crippen molar-refractivity contribution in [3.05, 3.63) is 47.9 Å². The number of anilines is 2. The lowest BCUT2D eigenvalue weighted by atomic mass is 10.1. The van der Waals surface area contributed by atoms with Crippen LogP contribution in [0.5, 0.6) is 0 Å². The Morgan fingerprint density at radius 3 is 2.80 bits per heavy atom. The third-order valence-corrected chi connectivity index (χ3v) is 3.40. The van der Waals surface area contributed by atoms with Crippen molar-refractivity contribution in [3.63, 3.8) is 0 Å². The van der Waals surface area contributed by atoms with Crippen LogP contribution in [0, 0.1) is 6.92 Å². The number of H-pyrrole nitrogens is 1. The minimum absolute atomic E-state index is 0.732. The topological polar surface area (TPSA) is 65.6 Å². The molecule has 2 heterocycles. The first kappa shape index (κ1) is 12.5. The quantitative estimate of drug-likeness (QED) is 0.680. The van der Waals surface area contributed by atoms with Gasteiger partial charge in [0.15, 0.2) is 0 Å². The number of aromatic amines is 1. The lowest BCUT2D eigenvalue weighted by Gasteiger charge is -2.07. The summed E-state index contributed by atoms with van der Waals surface area (Å²) in [7, 11) is 1.84. The number of rotatable bonds is 4. The van der Waals surface area contributed by atoms with Crippen LogP contribution in [0.15, 0.2) is 36.7 Å². The van der Waals surface area contributed by atoms with Gasteiger partial charge in [-0.25, -0.2) is 9.97 Å². The second-order valence-corrected chi connectivity index (χ2v) is 4.67. The SMILES string of the molecule is CNc1cc(NCc2c(C)[nH]c3ccccc23)ncn1. The zero-order valence-electron chi connectivity index (χ0n) is 11.6. The molecule has 0 saturated heterocycles. The van der Waals surface area contributed by atoms with Gasteiger partial charge in [0.1, 0.15) is 18.0 Å². The number of para-hydroxylation sites is 1. The van der Waals surface area contributed by atoms with Crippen LogP contribution in [0.2, 0.25) is 0 Å². The Morgan fingerprint density at radius 1 is 1.15 bits per heavy atom. The van der Waals surface area contributed by atoms with Crippen molar-refractivity contribution in [1.82, 2.24) is 15.0 Å². The van der Waals surface area contributed by atoms with Crippen molar-refractivity contribution < 1.29 is 0 Å². The molecule has 0 atom stereocenters. The van der Waals surface area contributed by atoms with E-state index in [0.29, 0.717) is 0 Å². The predicted octanol–water partition coefficient (Wildman–Crippen LogP) is 2.92. The van der Waals surface area contributed by atoms with Crippen molar-refractivity contribution >= 4 is 22.5 Å². The molecule has 5 nitrogen and oxygen atoms in total. The third kappa shape index (κ3) is 2.30. The second kappa shape index (κ2) is 5.21. The summed E-state index contributed by atoms with van der Waals surface area (Å²) >= 11 is 0. The summed E-state index contributed by atoms with van der Waals surface area (Å²) in [5.41, 5.74) is 3.62. The van der Waals surface area contributed by atoms with E-state index in [1.54, 1.807) is 6.33 Å². The number of hydrogen-bond donors (Lipinski definition) is 3. The standard InChI is InChI=1S/C15H17N5/c1-10-12(11-5-3-4-6-13(11)20-10)8-17-15-7-14(16-2)18-9-19-15/h3-7,9,20H,8H2,1-2H3,(H2,16,17,18,19). The number of nitrogens with one attached hydrogen (secondary N) is 3. The molecule has 0 spiro atoms. The van der Waals surface area contributed by atoms with Gasteiger partial charge in [-0.1, -0.05) is 18.2 Å². The average molecular weight is 267 g/mol. The Morgan fingerprint density at radius 2 is 1.95 bits per heavy atom. The molecule has 0 unspecified atom stereocenters. The molecule has 3 rings (SSSR count). The first-order valence-corrected chi connectivity index (χ1v) is 6.58. The van der Waals surface area contributed by atoms with Gasteiger partial charge < -0.3 is 15.6 Å². The van der Waals surface area contributed by atoms with Crippen LogP contribution in [0.3, 0.4) is 0 Å². The summed E-state index contributed by atoms with van der Waals surface area (Å²) in [6.07, 6.45) is 1.55. The molecular weight excluding hydrogens is 250 g/mol. The van der Waals surface area contributed by atoms with E-state index in [-0.39, 0.29) is 0 Å². The van der Waals surface area contributed by atoms with Crippen LogP contribution in [0.1, 0.15) is 11.3 Å². The van der Waals surface area contributed by atoms with E-state index >= 15 is 0 Å². The van der Waals surface area contributed by atoms with Crippen molar-refractivity contribution in [2.45, 2.75) is 13.5 Å². The molecule has 0 fully saturated rings. The van der Waals surface area contributed by atoms with E-state index in [9.17, 15) is 0 Å². The Balaban J connectivity index is 1.84. The van der Waals surface area contributed by atoms with E-state index in [2.05, 4.69) is 50.7 Å². The van der Waals surface area contributed by atoms with Crippen LogP contribution in [-0.2, 0) is 6.54 Å². The fourth-order valence-corrected chi connectivity index (χ4v) is 2.33. The van der Waals surface area contributed by atoms with Gasteiger partial charge in [-0.05, 0) is 18.6 Å². The molecule has 5 heteroatoms. The van der Waals surface area contributed by atoms with E-state index in [1.165, 1.54) is 22.2 Å². The fraction of sp³-hybridized carbons (Fsp3) is 0.200. The molecule has 0 radical (unpaired) electrons. The molecule has 3 aromatic rings. The van der Waals surface area contributed by atoms with Gasteiger partial charge in [0.2, 0.25) is 0 Å². The van der Waals surface area contributed by atoms with E-state index < -0.39 is 0 Å².